The van der Waals surface area contributed by atoms with Crippen molar-refractivity contribution in [2.24, 2.45) is 0 Å². The Morgan fingerprint density at radius 2 is 1.31 bits per heavy atom. The van der Waals surface area contributed by atoms with E-state index in [0.29, 0.717) is 21.4 Å². The average Bonchev–Trinajstić information content (AvgIpc) is 2.62. The quantitative estimate of drug-likeness (QED) is 0.617. The van der Waals surface area contributed by atoms with Gasteiger partial charge in [-0.25, -0.2) is 9.59 Å². The van der Waals surface area contributed by atoms with E-state index < -0.39 is 18.3 Å². The number of nitrogens with one attached hydrogen (secondary N) is 2. The van der Waals surface area contributed by atoms with E-state index >= 15 is 0 Å². The molecular formula is C17H15Cl3N2O4. The Kier molecular flexibility index (Phi) is 7.84. The number of amides is 2. The first-order valence-electron chi connectivity index (χ1n) is 7.45. The summed E-state index contributed by atoms with van der Waals surface area (Å²) in [6.45, 7) is -0.197. The third-order valence-electron chi connectivity index (χ3n) is 3.03. The fourth-order valence-corrected chi connectivity index (χ4v) is 2.20. The van der Waals surface area contributed by atoms with Crippen molar-refractivity contribution in [1.82, 2.24) is 0 Å². The highest BCUT2D eigenvalue weighted by molar-refractivity contribution is 6.30. The van der Waals surface area contributed by atoms with Crippen LogP contribution in [0.3, 0.4) is 0 Å². The summed E-state index contributed by atoms with van der Waals surface area (Å²) in [5.74, 6) is -0.0394. The van der Waals surface area contributed by atoms with Crippen LogP contribution in [0.2, 0.25) is 10.0 Å². The van der Waals surface area contributed by atoms with Gasteiger partial charge in [-0.05, 0) is 48.5 Å². The predicted octanol–water partition coefficient (Wildman–Crippen LogP) is 5.40. The second kappa shape index (κ2) is 10.1. The summed E-state index contributed by atoms with van der Waals surface area (Å²) in [4.78, 5) is 23.6. The van der Waals surface area contributed by atoms with Crippen molar-refractivity contribution in [3.63, 3.8) is 0 Å². The molecule has 2 aromatic carbocycles. The van der Waals surface area contributed by atoms with Gasteiger partial charge >= 0.3 is 12.2 Å². The summed E-state index contributed by atoms with van der Waals surface area (Å²) in [6, 6.07) is 13.0. The molecule has 0 bridgehead atoms. The van der Waals surface area contributed by atoms with Crippen LogP contribution in [0.4, 0.5) is 21.0 Å². The first kappa shape index (κ1) is 20.2. The lowest BCUT2D eigenvalue weighted by atomic mass is 10.3. The van der Waals surface area contributed by atoms with Crippen LogP contribution in [0.5, 0.6) is 0 Å². The van der Waals surface area contributed by atoms with E-state index in [0.717, 1.165) is 0 Å². The summed E-state index contributed by atoms with van der Waals surface area (Å²) < 4.78 is 10.1. The van der Waals surface area contributed by atoms with Crippen molar-refractivity contribution in [3.8, 4) is 0 Å². The molecule has 0 unspecified atom stereocenters. The number of benzene rings is 2. The molecule has 2 N–H and O–H groups in total. The third-order valence-corrected chi connectivity index (χ3v) is 3.88. The minimum atomic E-state index is -0.806. The maximum atomic E-state index is 11.8. The topological polar surface area (TPSA) is 76.7 Å². The van der Waals surface area contributed by atoms with Crippen LogP contribution in [-0.4, -0.2) is 30.8 Å². The molecule has 138 valence electrons. The lowest BCUT2D eigenvalue weighted by Crippen LogP contribution is -2.30. The molecule has 0 aromatic heterocycles. The molecule has 0 saturated carbocycles. The molecule has 0 aliphatic heterocycles. The number of carbonyl (C=O) groups is 2. The maximum Gasteiger partial charge on any atom is 0.412 e. The normalized spacial score (nSPS) is 11.3. The fourth-order valence-electron chi connectivity index (χ4n) is 1.80. The lowest BCUT2D eigenvalue weighted by molar-refractivity contribution is 0.0667. The summed E-state index contributed by atoms with van der Waals surface area (Å²) in [5, 5.41) is 6.13. The Labute approximate surface area is 165 Å². The maximum absolute atomic E-state index is 11.8. The number of hydrogen-bond acceptors (Lipinski definition) is 4. The van der Waals surface area contributed by atoms with E-state index in [1.54, 1.807) is 48.5 Å². The van der Waals surface area contributed by atoms with Crippen molar-refractivity contribution in [1.29, 1.82) is 0 Å². The van der Waals surface area contributed by atoms with Crippen LogP contribution in [0.15, 0.2) is 48.5 Å². The number of halogens is 3. The van der Waals surface area contributed by atoms with Gasteiger partial charge in [0.15, 0.2) is 6.10 Å². The number of hydrogen-bond donors (Lipinski definition) is 2. The van der Waals surface area contributed by atoms with Crippen molar-refractivity contribution in [3.05, 3.63) is 58.6 Å². The Hall–Kier alpha value is -2.15. The van der Waals surface area contributed by atoms with Crippen LogP contribution in [-0.2, 0) is 9.47 Å². The highest BCUT2D eigenvalue weighted by atomic mass is 35.5. The molecule has 2 aromatic rings. The zero-order valence-corrected chi connectivity index (χ0v) is 15.6. The number of anilines is 2. The minimum absolute atomic E-state index is 0.0394. The molecule has 1 atom stereocenters. The lowest BCUT2D eigenvalue weighted by Gasteiger charge is -2.16. The van der Waals surface area contributed by atoms with Crippen molar-refractivity contribution < 1.29 is 19.1 Å². The van der Waals surface area contributed by atoms with Crippen LogP contribution in [0, 0.1) is 0 Å². The first-order chi connectivity index (χ1) is 12.5. The summed E-state index contributed by atoms with van der Waals surface area (Å²) >= 11 is 17.3. The molecule has 0 aliphatic rings. The van der Waals surface area contributed by atoms with Crippen LogP contribution >= 0.6 is 34.8 Å². The van der Waals surface area contributed by atoms with E-state index in [-0.39, 0.29) is 12.5 Å². The molecule has 0 fully saturated rings. The van der Waals surface area contributed by atoms with Gasteiger partial charge < -0.3 is 9.47 Å². The Balaban J connectivity index is 1.77. The summed E-state index contributed by atoms with van der Waals surface area (Å²) in [7, 11) is 0. The zero-order valence-electron chi connectivity index (χ0n) is 13.4. The molecule has 6 nitrogen and oxygen atoms in total. The fraction of sp³-hybridized carbons (Fsp3) is 0.176. The third kappa shape index (κ3) is 7.00. The van der Waals surface area contributed by atoms with E-state index in [1.807, 2.05) is 0 Å². The van der Waals surface area contributed by atoms with Crippen LogP contribution in [0.25, 0.3) is 0 Å². The van der Waals surface area contributed by atoms with E-state index in [1.165, 1.54) is 0 Å². The number of rotatable bonds is 6. The highest BCUT2D eigenvalue weighted by Gasteiger charge is 2.16. The predicted molar refractivity (Wildman–Crippen MR) is 102 cm³/mol. The van der Waals surface area contributed by atoms with E-state index in [2.05, 4.69) is 10.6 Å². The van der Waals surface area contributed by atoms with Gasteiger partial charge in [0.1, 0.15) is 6.61 Å². The Bertz CT molecular complexity index is 739. The van der Waals surface area contributed by atoms with Crippen molar-refractivity contribution >= 4 is 58.4 Å². The molecule has 0 radical (unpaired) electrons. The van der Waals surface area contributed by atoms with Gasteiger partial charge in [0.25, 0.3) is 0 Å². The molecule has 0 aliphatic carbocycles. The van der Waals surface area contributed by atoms with Gasteiger partial charge in [-0.1, -0.05) is 23.2 Å². The standard InChI is InChI=1S/C17H15Cl3N2O4/c18-9-15(26-17(24)22-14-7-3-12(20)4-8-14)10-25-16(23)21-13-5-1-11(19)2-6-13/h1-8,15H,9-10H2,(H,21,23)(H,22,24)/t15-/m1/s1. The van der Waals surface area contributed by atoms with Crippen LogP contribution in [0.1, 0.15) is 0 Å². The first-order valence-corrected chi connectivity index (χ1v) is 8.74. The Morgan fingerprint density at radius 1 is 0.846 bits per heavy atom. The molecule has 0 spiro atoms. The second-order valence-corrected chi connectivity index (χ2v) is 6.23. The largest absolute Gasteiger partial charge is 0.445 e. The average molecular weight is 418 g/mol. The summed E-state index contributed by atoms with van der Waals surface area (Å²) in [5.41, 5.74) is 1.03. The van der Waals surface area contributed by atoms with Crippen molar-refractivity contribution in [2.75, 3.05) is 23.1 Å². The summed E-state index contributed by atoms with van der Waals surface area (Å²) in [6.07, 6.45) is -2.23. The molecule has 2 amide bonds. The van der Waals surface area contributed by atoms with Gasteiger partial charge in [-0.2, -0.15) is 0 Å². The molecular weight excluding hydrogens is 403 g/mol. The Morgan fingerprint density at radius 3 is 1.77 bits per heavy atom. The molecule has 0 heterocycles. The molecule has 26 heavy (non-hydrogen) atoms. The minimum Gasteiger partial charge on any atom is -0.445 e. The smallest absolute Gasteiger partial charge is 0.412 e. The SMILES string of the molecule is O=C(Nc1ccc(Cl)cc1)OC[C@@H](CCl)OC(=O)Nc1ccc(Cl)cc1. The number of ether oxygens (including phenoxy) is 2. The molecule has 0 saturated heterocycles. The van der Waals surface area contributed by atoms with Gasteiger partial charge in [-0.3, -0.25) is 10.6 Å². The van der Waals surface area contributed by atoms with Gasteiger partial charge in [-0.15, -0.1) is 11.6 Å². The monoisotopic (exact) mass is 416 g/mol. The van der Waals surface area contributed by atoms with E-state index in [9.17, 15) is 9.59 Å². The molecule has 9 heteroatoms. The van der Waals surface area contributed by atoms with Gasteiger partial charge in [0, 0.05) is 21.4 Å². The number of alkyl halides is 1. The second-order valence-electron chi connectivity index (χ2n) is 5.04. The van der Waals surface area contributed by atoms with E-state index in [4.69, 9.17) is 44.3 Å². The highest BCUT2D eigenvalue weighted by Crippen LogP contribution is 2.15. The number of carbonyl (C=O) groups excluding carboxylic acids is 2. The molecule has 2 rings (SSSR count). The van der Waals surface area contributed by atoms with Gasteiger partial charge in [0.2, 0.25) is 0 Å². The van der Waals surface area contributed by atoms with Gasteiger partial charge in [0.05, 0.1) is 5.88 Å². The van der Waals surface area contributed by atoms with Crippen molar-refractivity contribution in [2.45, 2.75) is 6.10 Å². The van der Waals surface area contributed by atoms with Crippen LogP contribution < -0.4 is 10.6 Å². The zero-order chi connectivity index (χ0) is 18.9.